The van der Waals surface area contributed by atoms with E-state index in [2.05, 4.69) is 10.8 Å². The normalized spacial score (nSPS) is 10.2. The van der Waals surface area contributed by atoms with Gasteiger partial charge in [-0.25, -0.2) is 8.78 Å². The number of halogens is 4. The summed E-state index contributed by atoms with van der Waals surface area (Å²) in [5.41, 5.74) is 4.74. The topological polar surface area (TPSA) is 55.6 Å². The van der Waals surface area contributed by atoms with Crippen molar-refractivity contribution in [2.24, 2.45) is 0 Å². The molecule has 26 heavy (non-hydrogen) atoms. The summed E-state index contributed by atoms with van der Waals surface area (Å²) in [6, 6.07) is 8.71. The molecule has 0 aromatic heterocycles. The third-order valence-electron chi connectivity index (χ3n) is 3.26. The number of anilines is 2. The predicted molar refractivity (Wildman–Crippen MR) is 83.8 cm³/mol. The second-order valence-corrected chi connectivity index (χ2v) is 4.97. The Morgan fingerprint density at radius 3 is 2.62 bits per heavy atom. The zero-order chi connectivity index (χ0) is 18.6. The van der Waals surface area contributed by atoms with E-state index in [1.54, 1.807) is 6.07 Å². The van der Waals surface area contributed by atoms with Crippen LogP contribution in [-0.4, -0.2) is 12.5 Å². The Bertz CT molecular complexity index is 751. The molecule has 134 valence electrons. The molecule has 0 heterocycles. The number of alkyl halides is 2. The molecule has 2 rings (SSSR count). The first kappa shape index (κ1) is 23.2. The van der Waals surface area contributed by atoms with Crippen LogP contribution >= 0.6 is 0 Å². The molecule has 0 aliphatic rings. The summed E-state index contributed by atoms with van der Waals surface area (Å²) >= 11 is 0. The van der Waals surface area contributed by atoms with E-state index in [1.165, 1.54) is 31.5 Å². The van der Waals surface area contributed by atoms with Crippen LogP contribution in [0.4, 0.5) is 28.9 Å². The first-order valence-electron chi connectivity index (χ1n) is 7.13. The number of hydrogen-bond donors (Lipinski definition) is 1. The number of ether oxygens (including phenoxy) is 1. The molecular weight excluding hydrogens is 473 g/mol. The van der Waals surface area contributed by atoms with Gasteiger partial charge in [-0.1, -0.05) is 17.8 Å². The first-order valence-corrected chi connectivity index (χ1v) is 7.13. The van der Waals surface area contributed by atoms with Gasteiger partial charge in [0.05, 0.1) is 5.91 Å². The van der Waals surface area contributed by atoms with Gasteiger partial charge in [0.25, 0.3) is 0 Å². The van der Waals surface area contributed by atoms with E-state index in [0.717, 1.165) is 11.0 Å². The Morgan fingerprint density at radius 1 is 1.35 bits per heavy atom. The maximum atomic E-state index is 13.7. The summed E-state index contributed by atoms with van der Waals surface area (Å²) in [4.78, 5) is 13.1. The molecule has 0 aliphatic heterocycles. The van der Waals surface area contributed by atoms with Crippen LogP contribution in [0.5, 0.6) is 5.75 Å². The van der Waals surface area contributed by atoms with Crippen LogP contribution in [0.3, 0.4) is 0 Å². The largest absolute Gasteiger partial charge is 1.00 e. The monoisotopic (exact) mass is 487 g/mol. The molecule has 0 unspecified atom stereocenters. The minimum Gasteiger partial charge on any atom is -0.445 e. The van der Waals surface area contributed by atoms with Crippen molar-refractivity contribution >= 4 is 17.3 Å². The smallest absolute Gasteiger partial charge is 0.445 e. The van der Waals surface area contributed by atoms with Gasteiger partial charge in [0.1, 0.15) is 5.75 Å². The van der Waals surface area contributed by atoms with Crippen LogP contribution in [0.1, 0.15) is 12.5 Å². The van der Waals surface area contributed by atoms with E-state index in [4.69, 9.17) is 5.73 Å². The number of benzene rings is 2. The third-order valence-corrected chi connectivity index (χ3v) is 3.26. The van der Waals surface area contributed by atoms with Crippen LogP contribution < -0.4 is 84.3 Å². The maximum Gasteiger partial charge on any atom is 1.00 e. The first-order chi connectivity index (χ1) is 11.8. The van der Waals surface area contributed by atoms with Crippen molar-refractivity contribution in [1.29, 1.82) is 0 Å². The Morgan fingerprint density at radius 2 is 2.04 bits per heavy atom. The standard InChI is InChI=1S/C17H14F4N2O2.Cs/c1-2-15(24)23(11-7-13(18)16(22)14(19)8-11)9-10-4-3-5-12(6-10)25-17(20)21;/h2-7,17H,9,22H2,1H3;/q-2;+1. The van der Waals surface area contributed by atoms with Crippen molar-refractivity contribution in [1.82, 2.24) is 0 Å². The van der Waals surface area contributed by atoms with E-state index in [9.17, 15) is 22.4 Å². The molecule has 2 aromatic carbocycles. The van der Waals surface area contributed by atoms with Crippen LogP contribution in [-0.2, 0) is 11.3 Å². The molecule has 0 spiro atoms. The molecule has 2 aromatic rings. The molecule has 0 aliphatic carbocycles. The van der Waals surface area contributed by atoms with Crippen molar-refractivity contribution in [2.75, 3.05) is 10.6 Å². The predicted octanol–water partition coefficient (Wildman–Crippen LogP) is 0.710. The fourth-order valence-corrected chi connectivity index (χ4v) is 2.10. The fourth-order valence-electron chi connectivity index (χ4n) is 2.10. The minimum absolute atomic E-state index is 0. The van der Waals surface area contributed by atoms with Crippen LogP contribution in [0.15, 0.2) is 30.3 Å². The van der Waals surface area contributed by atoms with Gasteiger partial charge in [-0.15, -0.1) is 12.1 Å². The van der Waals surface area contributed by atoms with E-state index in [0.29, 0.717) is 5.56 Å². The van der Waals surface area contributed by atoms with Crippen LogP contribution in [0.2, 0.25) is 0 Å². The molecule has 0 bridgehead atoms. The number of hydrogen-bond acceptors (Lipinski definition) is 3. The molecule has 4 nitrogen and oxygen atoms in total. The van der Waals surface area contributed by atoms with E-state index in [-0.39, 0.29) is 86.9 Å². The van der Waals surface area contributed by atoms with Crippen molar-refractivity contribution in [3.63, 3.8) is 0 Å². The van der Waals surface area contributed by atoms with Crippen molar-refractivity contribution in [3.05, 3.63) is 60.0 Å². The van der Waals surface area contributed by atoms with E-state index >= 15 is 0 Å². The van der Waals surface area contributed by atoms with Gasteiger partial charge in [-0.3, -0.25) is 0 Å². The Labute approximate surface area is 207 Å². The van der Waals surface area contributed by atoms with E-state index in [1.807, 2.05) is 0 Å². The third kappa shape index (κ3) is 6.10. The van der Waals surface area contributed by atoms with Gasteiger partial charge in [0.15, 0.2) is 0 Å². The molecule has 2 N–H and O–H groups in total. The Hall–Kier alpha value is -0.848. The quantitative estimate of drug-likeness (QED) is 0.371. The molecule has 0 fully saturated rings. The summed E-state index contributed by atoms with van der Waals surface area (Å²) in [5, 5.41) is 0. The number of rotatable bonds is 6. The van der Waals surface area contributed by atoms with Crippen molar-refractivity contribution < 1.29 is 96.0 Å². The van der Waals surface area contributed by atoms with Gasteiger partial charge in [-0.05, 0) is 23.4 Å². The number of carbonyl (C=O) groups is 1. The van der Waals surface area contributed by atoms with Crippen LogP contribution in [0.25, 0.3) is 0 Å². The molecule has 0 radical (unpaired) electrons. The summed E-state index contributed by atoms with van der Waals surface area (Å²) in [6.07, 6.45) is 1.19. The fraction of sp³-hybridized carbons (Fsp3) is 0.176. The summed E-state index contributed by atoms with van der Waals surface area (Å²) < 4.78 is 56.2. The van der Waals surface area contributed by atoms with Gasteiger partial charge in [-0.2, -0.15) is 15.7 Å². The van der Waals surface area contributed by atoms with E-state index < -0.39 is 29.8 Å². The number of amides is 1. The second kappa shape index (κ2) is 10.5. The summed E-state index contributed by atoms with van der Waals surface area (Å²) in [5.74, 6) is -2.81. The van der Waals surface area contributed by atoms with Gasteiger partial charge < -0.3 is 26.6 Å². The molecular formula is C17H14CsF4N2O2-. The average molecular weight is 487 g/mol. The number of nitrogen functional groups attached to an aromatic ring is 1. The number of nitrogens with two attached hydrogens (primary N) is 1. The molecule has 9 heteroatoms. The summed E-state index contributed by atoms with van der Waals surface area (Å²) in [7, 11) is 0. The van der Waals surface area contributed by atoms with Gasteiger partial charge in [0.2, 0.25) is 0 Å². The van der Waals surface area contributed by atoms with Crippen molar-refractivity contribution in [3.8, 4) is 5.75 Å². The molecule has 0 saturated carbocycles. The maximum absolute atomic E-state index is 13.7. The van der Waals surface area contributed by atoms with Crippen molar-refractivity contribution in [2.45, 2.75) is 20.1 Å². The number of nitrogens with zero attached hydrogens (tertiary/aromatic N) is 1. The minimum atomic E-state index is -2.99. The summed E-state index contributed by atoms with van der Waals surface area (Å²) in [6.45, 7) is -1.68. The average Bonchev–Trinajstić information content (AvgIpc) is 2.56. The van der Waals surface area contributed by atoms with Gasteiger partial charge >= 0.3 is 75.5 Å². The molecule has 1 amide bonds. The Balaban J connectivity index is 0.00000338. The zero-order valence-electron chi connectivity index (χ0n) is 14.1. The second-order valence-electron chi connectivity index (χ2n) is 4.97. The Kier molecular flexibility index (Phi) is 9.35. The SMILES string of the molecule is C[CH-]C(=O)N(Cc1cccc(OC(F)F)c1)c1[c-]c(F)c(N)c(F)c1.[Cs+]. The zero-order valence-corrected chi connectivity index (χ0v) is 20.4. The number of carbonyl (C=O) groups excluding carboxylic acids is 1. The van der Waals surface area contributed by atoms with Crippen LogP contribution in [0, 0.1) is 24.1 Å². The molecule has 0 atom stereocenters. The van der Waals surface area contributed by atoms with Gasteiger partial charge in [0, 0.05) is 18.2 Å². The molecule has 0 saturated heterocycles.